The summed E-state index contributed by atoms with van der Waals surface area (Å²) in [6.45, 7) is 10.8. The lowest BCUT2D eigenvalue weighted by molar-refractivity contribution is 0.356. The van der Waals surface area contributed by atoms with Crippen molar-refractivity contribution in [2.75, 3.05) is 13.3 Å². The fourth-order valence-electron chi connectivity index (χ4n) is 3.09. The highest BCUT2D eigenvalue weighted by atomic mass is 79.9. The summed E-state index contributed by atoms with van der Waals surface area (Å²) in [6.07, 6.45) is 6.22. The van der Waals surface area contributed by atoms with Gasteiger partial charge in [0.25, 0.3) is 0 Å². The number of nitrogens with zero attached hydrogens (tertiary/aromatic N) is 3. The lowest BCUT2D eigenvalue weighted by Gasteiger charge is -2.21. The minimum absolute atomic E-state index is 0.257. The van der Waals surface area contributed by atoms with Crippen LogP contribution in [-0.4, -0.2) is 33.1 Å². The maximum Gasteiger partial charge on any atom is 0.209 e. The monoisotopic (exact) mass is 473 g/mol. The first-order valence-electron chi connectivity index (χ1n) is 8.67. The topological polar surface area (TPSA) is 30.2 Å². The maximum absolute atomic E-state index is 6.52. The van der Waals surface area contributed by atoms with Crippen molar-refractivity contribution in [1.82, 2.24) is 8.94 Å². The number of fused-ring (bicyclic) bond motifs is 1. The number of halogens is 2. The van der Waals surface area contributed by atoms with Crippen LogP contribution in [0.5, 0.6) is 0 Å². The van der Waals surface area contributed by atoms with E-state index in [0.717, 1.165) is 51.8 Å². The van der Waals surface area contributed by atoms with E-state index < -0.39 is 6.89 Å². The van der Waals surface area contributed by atoms with Crippen molar-refractivity contribution in [2.24, 2.45) is 10.4 Å². The number of hydrogen-bond acceptors (Lipinski definition) is 3. The Balaban J connectivity index is 2.00. The zero-order valence-electron chi connectivity index (χ0n) is 16.0. The summed E-state index contributed by atoms with van der Waals surface area (Å²) >= 11 is 11.8. The summed E-state index contributed by atoms with van der Waals surface area (Å²) in [4.78, 5) is 5.92. The third-order valence-electron chi connectivity index (χ3n) is 4.73. The smallest absolute Gasteiger partial charge is 0.209 e. The van der Waals surface area contributed by atoms with E-state index in [0.29, 0.717) is 4.57 Å². The predicted molar refractivity (Wildman–Crippen MR) is 121 cm³/mol. The molecule has 1 aliphatic rings. The SMILES string of the molecule is C=P(C)(C)C(Br)Cc1cc(N=c2snc3n2CC(C)(C)C3)c(C)cc1Cl. The summed E-state index contributed by atoms with van der Waals surface area (Å²) in [5.41, 5.74) is 3.45. The molecule has 1 aliphatic heterocycles. The van der Waals surface area contributed by atoms with Crippen molar-refractivity contribution in [2.45, 2.75) is 44.7 Å². The standard InChI is InChI=1S/C19H26BrClN3PS/c1-12-7-14(21)13(9-16(20)25(4,5)6)8-15(12)22-18-24-11-19(2,3)10-17(24)23-26-18/h7-8,16H,4,9-11H2,1-3,5-6H3. The highest BCUT2D eigenvalue weighted by Crippen LogP contribution is 2.47. The molecule has 0 bridgehead atoms. The van der Waals surface area contributed by atoms with Crippen molar-refractivity contribution < 1.29 is 0 Å². The maximum atomic E-state index is 6.52. The number of rotatable bonds is 4. The van der Waals surface area contributed by atoms with Gasteiger partial charge in [-0.3, -0.25) is 0 Å². The first-order chi connectivity index (χ1) is 12.0. The number of benzene rings is 1. The van der Waals surface area contributed by atoms with Gasteiger partial charge in [0.15, 0.2) is 0 Å². The lowest BCUT2D eigenvalue weighted by Crippen LogP contribution is -2.19. The molecule has 1 aromatic carbocycles. The van der Waals surface area contributed by atoms with Gasteiger partial charge in [-0.1, -0.05) is 41.4 Å². The van der Waals surface area contributed by atoms with E-state index >= 15 is 0 Å². The number of aromatic nitrogens is 2. The zero-order valence-corrected chi connectivity index (χ0v) is 20.1. The molecule has 1 unspecified atom stereocenters. The van der Waals surface area contributed by atoms with Crippen LogP contribution in [0.3, 0.4) is 0 Å². The Hall–Kier alpha value is -0.350. The predicted octanol–water partition coefficient (Wildman–Crippen LogP) is 5.69. The number of aryl methyl sites for hydroxylation is 1. The molecule has 0 N–H and O–H groups in total. The quantitative estimate of drug-likeness (QED) is 0.413. The van der Waals surface area contributed by atoms with Crippen LogP contribution >= 0.6 is 45.9 Å². The largest absolute Gasteiger partial charge is 0.303 e. The van der Waals surface area contributed by atoms with E-state index in [2.05, 4.69) is 71.3 Å². The van der Waals surface area contributed by atoms with Gasteiger partial charge in [-0.15, -0.1) is 13.2 Å². The van der Waals surface area contributed by atoms with Gasteiger partial charge in [0.2, 0.25) is 4.80 Å². The lowest BCUT2D eigenvalue weighted by atomic mass is 9.92. The van der Waals surface area contributed by atoms with E-state index in [1.54, 1.807) is 0 Å². The van der Waals surface area contributed by atoms with Crippen LogP contribution in [0, 0.1) is 12.3 Å². The van der Waals surface area contributed by atoms with Gasteiger partial charge in [0.05, 0.1) is 5.69 Å². The third-order valence-corrected chi connectivity index (χ3v) is 11.2. The fraction of sp³-hybridized carbons (Fsp3) is 0.526. The molecule has 3 nitrogen and oxygen atoms in total. The average Bonchev–Trinajstić information content (AvgIpc) is 2.99. The summed E-state index contributed by atoms with van der Waals surface area (Å²) in [6, 6.07) is 4.16. The molecular formula is C19H26BrClN3PS. The summed E-state index contributed by atoms with van der Waals surface area (Å²) in [5.74, 6) is 1.15. The van der Waals surface area contributed by atoms with Crippen molar-refractivity contribution in [3.8, 4) is 0 Å². The molecule has 1 atom stereocenters. The van der Waals surface area contributed by atoms with Gasteiger partial charge in [0, 0.05) is 34.1 Å². The molecule has 0 fully saturated rings. The molecule has 0 saturated heterocycles. The van der Waals surface area contributed by atoms with Crippen LogP contribution in [0.15, 0.2) is 17.1 Å². The Kier molecular flexibility index (Phi) is 5.67. The molecule has 0 amide bonds. The molecule has 26 heavy (non-hydrogen) atoms. The van der Waals surface area contributed by atoms with Crippen LogP contribution in [-0.2, 0) is 19.4 Å². The van der Waals surface area contributed by atoms with E-state index in [4.69, 9.17) is 16.6 Å². The van der Waals surface area contributed by atoms with Crippen LogP contribution in [0.4, 0.5) is 5.69 Å². The second kappa shape index (κ2) is 7.24. The number of alkyl halides is 1. The van der Waals surface area contributed by atoms with E-state index in [1.165, 1.54) is 11.5 Å². The molecule has 0 radical (unpaired) electrons. The molecule has 2 heterocycles. The summed E-state index contributed by atoms with van der Waals surface area (Å²) in [7, 11) is 0. The van der Waals surface area contributed by atoms with Gasteiger partial charge < -0.3 is 4.57 Å². The Bertz CT molecular complexity index is 954. The molecule has 142 valence electrons. The van der Waals surface area contributed by atoms with Gasteiger partial charge in [0.1, 0.15) is 5.82 Å². The minimum Gasteiger partial charge on any atom is -0.303 e. The molecule has 0 aliphatic carbocycles. The summed E-state index contributed by atoms with van der Waals surface area (Å²) < 4.78 is 7.23. The van der Waals surface area contributed by atoms with Gasteiger partial charge in [-0.25, -0.2) is 4.99 Å². The number of hydrogen-bond donors (Lipinski definition) is 0. The van der Waals surface area contributed by atoms with Gasteiger partial charge in [-0.05, 0) is 55.3 Å². The molecule has 3 rings (SSSR count). The molecule has 0 spiro atoms. The molecule has 2 aromatic rings. The highest BCUT2D eigenvalue weighted by Gasteiger charge is 2.30. The molecular weight excluding hydrogens is 449 g/mol. The van der Waals surface area contributed by atoms with Crippen molar-refractivity contribution in [3.63, 3.8) is 0 Å². The molecule has 0 saturated carbocycles. The Morgan fingerprint density at radius 1 is 1.46 bits per heavy atom. The molecule has 1 aromatic heterocycles. The minimum atomic E-state index is -1.24. The van der Waals surface area contributed by atoms with Crippen molar-refractivity contribution >= 4 is 57.9 Å². The Morgan fingerprint density at radius 3 is 2.81 bits per heavy atom. The van der Waals surface area contributed by atoms with Crippen molar-refractivity contribution in [1.29, 1.82) is 0 Å². The van der Waals surface area contributed by atoms with E-state index in [9.17, 15) is 0 Å². The fourth-order valence-corrected chi connectivity index (χ4v) is 5.19. The Labute approximate surface area is 173 Å². The first-order valence-corrected chi connectivity index (χ1v) is 13.7. The van der Waals surface area contributed by atoms with E-state index in [1.807, 2.05) is 6.07 Å². The van der Waals surface area contributed by atoms with E-state index in [-0.39, 0.29) is 5.41 Å². The van der Waals surface area contributed by atoms with Gasteiger partial charge in [-0.2, -0.15) is 4.37 Å². The first kappa shape index (κ1) is 20.4. The van der Waals surface area contributed by atoms with Crippen LogP contribution in [0.2, 0.25) is 5.02 Å². The average molecular weight is 475 g/mol. The second-order valence-corrected chi connectivity index (χ2v) is 15.7. The summed E-state index contributed by atoms with van der Waals surface area (Å²) in [5, 5.41) is 0.808. The normalized spacial score (nSPS) is 18.2. The second-order valence-electron chi connectivity index (χ2n) is 8.57. The third kappa shape index (κ3) is 4.38. The van der Waals surface area contributed by atoms with Crippen LogP contribution in [0.25, 0.3) is 0 Å². The van der Waals surface area contributed by atoms with Gasteiger partial charge >= 0.3 is 0 Å². The van der Waals surface area contributed by atoms with Crippen LogP contribution in [0.1, 0.15) is 30.8 Å². The zero-order chi connectivity index (χ0) is 19.3. The Morgan fingerprint density at radius 2 is 2.15 bits per heavy atom. The van der Waals surface area contributed by atoms with Crippen molar-refractivity contribution in [3.05, 3.63) is 38.9 Å². The molecule has 7 heteroatoms. The highest BCUT2D eigenvalue weighted by molar-refractivity contribution is 9.10. The van der Waals surface area contributed by atoms with Crippen LogP contribution < -0.4 is 4.80 Å².